The Bertz CT molecular complexity index is 1810. The van der Waals surface area contributed by atoms with Crippen LogP contribution >= 0.6 is 22.6 Å². The molecule has 1 fully saturated rings. The van der Waals surface area contributed by atoms with E-state index in [-0.39, 0.29) is 28.4 Å². The highest BCUT2D eigenvalue weighted by molar-refractivity contribution is 14.1. The first-order valence-corrected chi connectivity index (χ1v) is 14.1. The summed E-state index contributed by atoms with van der Waals surface area (Å²) in [6.07, 6.45) is 4.11. The number of hydrogen-bond donors (Lipinski definition) is 1. The Kier molecular flexibility index (Phi) is 6.82. The van der Waals surface area contributed by atoms with Gasteiger partial charge >= 0.3 is 5.69 Å². The molecule has 0 aliphatic carbocycles. The van der Waals surface area contributed by atoms with Crippen molar-refractivity contribution in [3.05, 3.63) is 87.1 Å². The van der Waals surface area contributed by atoms with E-state index in [4.69, 9.17) is 9.84 Å². The zero-order valence-electron chi connectivity index (χ0n) is 21.9. The van der Waals surface area contributed by atoms with Gasteiger partial charge in [-0.3, -0.25) is 13.8 Å². The van der Waals surface area contributed by atoms with E-state index in [9.17, 15) is 9.18 Å². The van der Waals surface area contributed by atoms with Gasteiger partial charge in [0.1, 0.15) is 17.2 Å². The molecule has 1 aliphatic heterocycles. The minimum atomic E-state index is -0.766. The molecule has 4 heterocycles. The molecule has 0 bridgehead atoms. The lowest BCUT2D eigenvalue weighted by Crippen LogP contribution is -2.36. The van der Waals surface area contributed by atoms with Crippen molar-refractivity contribution in [2.45, 2.75) is 24.3 Å². The van der Waals surface area contributed by atoms with Gasteiger partial charge in [-0.1, -0.05) is 22.6 Å². The molecule has 9 nitrogen and oxygen atoms in total. The molecular weight excluding hydrogens is 638 g/mol. The summed E-state index contributed by atoms with van der Waals surface area (Å²) in [6.45, 7) is 4.85. The summed E-state index contributed by atoms with van der Waals surface area (Å²) in [5.41, 5.74) is 2.02. The van der Waals surface area contributed by atoms with Gasteiger partial charge in [0.25, 0.3) is 0 Å². The zero-order valence-corrected chi connectivity index (χ0v) is 24.0. The van der Waals surface area contributed by atoms with Crippen LogP contribution in [0.1, 0.15) is 28.4 Å². The molecule has 0 amide bonds. The van der Waals surface area contributed by atoms with Gasteiger partial charge in [0.2, 0.25) is 0 Å². The van der Waals surface area contributed by atoms with Crippen molar-refractivity contribution in [1.82, 2.24) is 34.0 Å². The van der Waals surface area contributed by atoms with Crippen LogP contribution in [0.3, 0.4) is 0 Å². The normalized spacial score (nSPS) is 15.8. The fraction of sp³-hybridized carbons (Fsp3) is 0.296. The molecule has 1 aliphatic rings. The smallest absolute Gasteiger partial charge is 0.338 e. The predicted molar refractivity (Wildman–Crippen MR) is 151 cm³/mol. The van der Waals surface area contributed by atoms with Gasteiger partial charge in [0, 0.05) is 42.0 Å². The lowest BCUT2D eigenvalue weighted by Gasteiger charge is -2.25. The molecule has 1 N–H and O–H groups in total. The van der Waals surface area contributed by atoms with Crippen molar-refractivity contribution in [3.63, 3.8) is 0 Å². The quantitative estimate of drug-likeness (QED) is 0.224. The molecule has 1 saturated heterocycles. The van der Waals surface area contributed by atoms with Gasteiger partial charge in [-0.05, 0) is 37.1 Å². The third kappa shape index (κ3) is 4.18. The van der Waals surface area contributed by atoms with Crippen LogP contribution in [0.5, 0.6) is 0 Å². The Hall–Kier alpha value is -3.43. The number of aryl methyl sites for hydroxylation is 3. The number of morpholine rings is 1. The van der Waals surface area contributed by atoms with E-state index in [2.05, 4.69) is 33.0 Å². The molecule has 0 spiro atoms. The van der Waals surface area contributed by atoms with Crippen LogP contribution < -0.4 is 11.0 Å². The van der Waals surface area contributed by atoms with Crippen molar-refractivity contribution in [3.8, 4) is 17.2 Å². The number of benzene rings is 2. The minimum Gasteiger partial charge on any atom is -0.378 e. The summed E-state index contributed by atoms with van der Waals surface area (Å²) in [4.78, 5) is 13.9. The van der Waals surface area contributed by atoms with Gasteiger partial charge in [-0.2, -0.15) is 10.2 Å². The van der Waals surface area contributed by atoms with Crippen molar-refractivity contribution < 1.29 is 17.9 Å². The van der Waals surface area contributed by atoms with Gasteiger partial charge in [-0.15, -0.1) is 0 Å². The predicted octanol–water partition coefficient (Wildman–Crippen LogP) is 4.33. The summed E-state index contributed by atoms with van der Waals surface area (Å²) < 4.78 is 56.6. The Morgan fingerprint density at radius 3 is 2.50 bits per heavy atom. The summed E-state index contributed by atoms with van der Waals surface area (Å²) >= 11 is 2.21. The largest absolute Gasteiger partial charge is 0.378 e. The number of hydrogen-bond acceptors (Lipinski definition) is 5. The Morgan fingerprint density at radius 2 is 1.82 bits per heavy atom. The minimum absolute atomic E-state index is 0.00574. The van der Waals surface area contributed by atoms with Crippen LogP contribution in [0, 0.1) is 31.3 Å². The van der Waals surface area contributed by atoms with Crippen LogP contribution in [-0.2, 0) is 16.2 Å². The fourth-order valence-corrected chi connectivity index (χ4v) is 5.86. The summed E-state index contributed by atoms with van der Waals surface area (Å²) in [7, 11) is 1.52. The SMILES string of the molecule is Cc1cc(-n2nc(CI)c([C@@H]3COCCN3)c2-n2ccn(-c3cc(F)c4c(cnn4C)c3F)c2=O)cc(C)c1F. The summed E-state index contributed by atoms with van der Waals surface area (Å²) in [6, 6.07) is 4.04. The first-order chi connectivity index (χ1) is 19.2. The maximum Gasteiger partial charge on any atom is 0.338 e. The van der Waals surface area contributed by atoms with E-state index < -0.39 is 17.3 Å². The summed E-state index contributed by atoms with van der Waals surface area (Å²) in [5, 5.41) is 12.2. The van der Waals surface area contributed by atoms with Crippen LogP contribution in [-0.4, -0.2) is 48.5 Å². The maximum atomic E-state index is 15.6. The van der Waals surface area contributed by atoms with E-state index in [1.54, 1.807) is 30.7 Å². The number of nitrogens with zero attached hydrogens (tertiary/aromatic N) is 6. The molecule has 208 valence electrons. The summed E-state index contributed by atoms with van der Waals surface area (Å²) in [5.74, 6) is -1.38. The molecule has 40 heavy (non-hydrogen) atoms. The van der Waals surface area contributed by atoms with E-state index in [0.29, 0.717) is 52.5 Å². The van der Waals surface area contributed by atoms with Crippen molar-refractivity contribution in [1.29, 1.82) is 0 Å². The fourth-order valence-electron chi connectivity index (χ4n) is 5.30. The number of imidazole rings is 1. The number of nitrogens with one attached hydrogen (secondary N) is 1. The molecule has 1 atom stereocenters. The first kappa shape index (κ1) is 26.8. The molecule has 5 aromatic rings. The number of halogens is 4. The second kappa shape index (κ2) is 10.2. The van der Waals surface area contributed by atoms with E-state index in [0.717, 1.165) is 16.2 Å². The lowest BCUT2D eigenvalue weighted by molar-refractivity contribution is 0.0766. The number of aromatic nitrogens is 6. The van der Waals surface area contributed by atoms with Crippen LogP contribution in [0.2, 0.25) is 0 Å². The Balaban J connectivity index is 1.61. The van der Waals surface area contributed by atoms with Crippen LogP contribution in [0.25, 0.3) is 28.1 Å². The zero-order chi connectivity index (χ0) is 28.3. The molecule has 3 aromatic heterocycles. The van der Waals surface area contributed by atoms with Gasteiger partial charge in [-0.25, -0.2) is 22.6 Å². The highest BCUT2D eigenvalue weighted by atomic mass is 127. The second-order valence-corrected chi connectivity index (χ2v) is 10.5. The van der Waals surface area contributed by atoms with Crippen molar-refractivity contribution in [2.75, 3.05) is 19.8 Å². The monoisotopic (exact) mass is 663 g/mol. The van der Waals surface area contributed by atoms with E-state index in [1.807, 2.05) is 0 Å². The average Bonchev–Trinajstić information content (AvgIpc) is 3.64. The van der Waals surface area contributed by atoms with E-state index >= 15 is 8.78 Å². The van der Waals surface area contributed by atoms with Crippen molar-refractivity contribution >= 4 is 33.5 Å². The third-order valence-electron chi connectivity index (χ3n) is 7.19. The van der Waals surface area contributed by atoms with Gasteiger partial charge < -0.3 is 10.1 Å². The first-order valence-electron chi connectivity index (χ1n) is 12.6. The van der Waals surface area contributed by atoms with Crippen LogP contribution in [0.15, 0.2) is 41.6 Å². The number of alkyl halides is 1. The second-order valence-electron chi connectivity index (χ2n) is 9.75. The number of ether oxygens (including phenoxy) is 1. The lowest BCUT2D eigenvalue weighted by atomic mass is 10.1. The molecular formula is C27H25F3IN7O2. The highest BCUT2D eigenvalue weighted by Crippen LogP contribution is 2.32. The molecule has 0 unspecified atom stereocenters. The molecule has 2 aromatic carbocycles. The van der Waals surface area contributed by atoms with Crippen molar-refractivity contribution in [2.24, 2.45) is 7.05 Å². The van der Waals surface area contributed by atoms with Crippen LogP contribution in [0.4, 0.5) is 13.2 Å². The van der Waals surface area contributed by atoms with Gasteiger partial charge in [0.15, 0.2) is 11.6 Å². The van der Waals surface area contributed by atoms with Gasteiger partial charge in [0.05, 0.1) is 47.9 Å². The molecule has 6 rings (SSSR count). The number of fused-ring (bicyclic) bond motifs is 1. The molecule has 13 heteroatoms. The molecule has 0 radical (unpaired) electrons. The Morgan fingerprint density at radius 1 is 1.10 bits per heavy atom. The molecule has 0 saturated carbocycles. The standard InChI is InChI=1S/C27H25F3IN7O2/c1-14-8-16(9-15(2)23(14)29)38-26(22(19(11-31)34-38)20-13-40-7-4-32-20)37-6-5-36(27(37)39)21-10-18(28)25-17(24(21)30)12-33-35(25)3/h5-6,8-10,12,20,32H,4,7,11,13H2,1-3H3/t20-/m0/s1. The van der Waals surface area contributed by atoms with E-state index in [1.165, 1.54) is 34.9 Å². The third-order valence-corrected chi connectivity index (χ3v) is 7.91. The number of rotatable bonds is 5. The highest BCUT2D eigenvalue weighted by Gasteiger charge is 2.30. The Labute approximate surface area is 240 Å². The topological polar surface area (TPSA) is 83.8 Å². The average molecular weight is 663 g/mol. The maximum absolute atomic E-state index is 15.6.